The topological polar surface area (TPSA) is 41.5 Å². The van der Waals surface area contributed by atoms with Crippen molar-refractivity contribution in [3.63, 3.8) is 0 Å². The Morgan fingerprint density at radius 3 is 2.85 bits per heavy atom. The van der Waals surface area contributed by atoms with E-state index in [2.05, 4.69) is 19.8 Å². The van der Waals surface area contributed by atoms with Gasteiger partial charge >= 0.3 is 0 Å². The van der Waals surface area contributed by atoms with Gasteiger partial charge in [0, 0.05) is 38.8 Å². The lowest BCUT2D eigenvalue weighted by Crippen LogP contribution is -2.39. The molecule has 6 heteroatoms. The molecule has 5 nitrogen and oxygen atoms in total. The van der Waals surface area contributed by atoms with E-state index in [1.165, 1.54) is 6.42 Å². The summed E-state index contributed by atoms with van der Waals surface area (Å²) in [4.78, 5) is 13.5. The maximum atomic E-state index is 6.02. The molecule has 0 aliphatic carbocycles. The quantitative estimate of drug-likeness (QED) is 0.793. The lowest BCUT2D eigenvalue weighted by Gasteiger charge is -2.29. The van der Waals surface area contributed by atoms with E-state index in [0.717, 1.165) is 57.6 Å². The third kappa shape index (κ3) is 3.40. The molecule has 0 aromatic carbocycles. The summed E-state index contributed by atoms with van der Waals surface area (Å²) in [6, 6.07) is 1.87. The number of aryl methyl sites for hydroxylation is 1. The van der Waals surface area contributed by atoms with Crippen LogP contribution in [-0.2, 0) is 4.74 Å². The average molecular weight is 297 g/mol. The van der Waals surface area contributed by atoms with Crippen molar-refractivity contribution in [1.82, 2.24) is 14.9 Å². The fourth-order valence-corrected chi connectivity index (χ4v) is 3.24. The number of halogens is 1. The zero-order valence-electron chi connectivity index (χ0n) is 11.9. The molecule has 1 aromatic rings. The Morgan fingerprint density at radius 2 is 2.10 bits per heavy atom. The number of hydrogen-bond donors (Lipinski definition) is 0. The molecule has 0 unspecified atom stereocenters. The summed E-state index contributed by atoms with van der Waals surface area (Å²) in [6.07, 6.45) is 1.22. The van der Waals surface area contributed by atoms with Crippen molar-refractivity contribution in [3.8, 4) is 0 Å². The molecule has 2 aliphatic heterocycles. The molecular weight excluding hydrogens is 276 g/mol. The van der Waals surface area contributed by atoms with Crippen molar-refractivity contribution in [2.75, 3.05) is 50.8 Å². The van der Waals surface area contributed by atoms with Crippen LogP contribution in [0.15, 0.2) is 6.07 Å². The molecule has 2 aliphatic rings. The molecule has 110 valence electrons. The van der Waals surface area contributed by atoms with Crippen LogP contribution in [0.1, 0.15) is 12.2 Å². The van der Waals surface area contributed by atoms with Gasteiger partial charge in [-0.15, -0.1) is 0 Å². The highest BCUT2D eigenvalue weighted by molar-refractivity contribution is 6.29. The minimum atomic E-state index is 0.532. The van der Waals surface area contributed by atoms with Crippen LogP contribution in [0.3, 0.4) is 0 Å². The van der Waals surface area contributed by atoms with Crippen molar-refractivity contribution >= 4 is 17.4 Å². The highest BCUT2D eigenvalue weighted by atomic mass is 35.5. The van der Waals surface area contributed by atoms with Crippen LogP contribution in [0.2, 0.25) is 5.15 Å². The highest BCUT2D eigenvalue weighted by Gasteiger charge is 2.26. The molecule has 0 amide bonds. The van der Waals surface area contributed by atoms with Gasteiger partial charge in [-0.25, -0.2) is 9.97 Å². The van der Waals surface area contributed by atoms with Crippen LogP contribution in [-0.4, -0.2) is 60.8 Å². The van der Waals surface area contributed by atoms with Gasteiger partial charge in [-0.05, 0) is 19.3 Å². The van der Waals surface area contributed by atoms with Gasteiger partial charge in [0.15, 0.2) is 0 Å². The van der Waals surface area contributed by atoms with Gasteiger partial charge in [-0.3, -0.25) is 4.90 Å². The van der Waals surface area contributed by atoms with Crippen LogP contribution in [0.4, 0.5) is 5.82 Å². The van der Waals surface area contributed by atoms with Gasteiger partial charge in [-0.1, -0.05) is 11.6 Å². The Morgan fingerprint density at radius 1 is 1.30 bits per heavy atom. The van der Waals surface area contributed by atoms with Gasteiger partial charge in [0.05, 0.1) is 13.2 Å². The third-order valence-electron chi connectivity index (χ3n) is 4.02. The Balaban J connectivity index is 1.58. The first-order valence-electron chi connectivity index (χ1n) is 7.27. The molecule has 2 saturated heterocycles. The lowest BCUT2D eigenvalue weighted by molar-refractivity contribution is 0.0320. The van der Waals surface area contributed by atoms with Gasteiger partial charge in [0.25, 0.3) is 0 Å². The van der Waals surface area contributed by atoms with Crippen LogP contribution in [0.25, 0.3) is 0 Å². The SMILES string of the molecule is Cc1nc(Cl)cc(N2CC[C@H](CN3CCOCC3)C2)n1. The second-order valence-electron chi connectivity index (χ2n) is 5.61. The zero-order chi connectivity index (χ0) is 13.9. The molecule has 0 bridgehead atoms. The van der Waals surface area contributed by atoms with Gasteiger partial charge in [-0.2, -0.15) is 0 Å². The second kappa shape index (κ2) is 6.24. The number of anilines is 1. The van der Waals surface area contributed by atoms with Crippen LogP contribution < -0.4 is 4.90 Å². The Kier molecular flexibility index (Phi) is 4.38. The lowest BCUT2D eigenvalue weighted by atomic mass is 10.1. The number of ether oxygens (including phenoxy) is 1. The monoisotopic (exact) mass is 296 g/mol. The molecule has 3 rings (SSSR count). The minimum absolute atomic E-state index is 0.532. The van der Waals surface area contributed by atoms with E-state index < -0.39 is 0 Å². The second-order valence-corrected chi connectivity index (χ2v) is 6.00. The molecule has 0 spiro atoms. The molecule has 20 heavy (non-hydrogen) atoms. The molecule has 0 radical (unpaired) electrons. The van der Waals surface area contributed by atoms with E-state index in [0.29, 0.717) is 11.1 Å². The van der Waals surface area contributed by atoms with Crippen LogP contribution in [0.5, 0.6) is 0 Å². The number of rotatable bonds is 3. The average Bonchev–Trinajstić information content (AvgIpc) is 2.87. The van der Waals surface area contributed by atoms with Crippen LogP contribution in [0, 0.1) is 12.8 Å². The first-order valence-corrected chi connectivity index (χ1v) is 7.65. The first kappa shape index (κ1) is 14.0. The molecule has 0 N–H and O–H groups in total. The summed E-state index contributed by atoms with van der Waals surface area (Å²) in [5.41, 5.74) is 0. The zero-order valence-corrected chi connectivity index (χ0v) is 12.6. The third-order valence-corrected chi connectivity index (χ3v) is 4.22. The van der Waals surface area contributed by atoms with Gasteiger partial charge in [0.1, 0.15) is 16.8 Å². The fraction of sp³-hybridized carbons (Fsp3) is 0.714. The van der Waals surface area contributed by atoms with Crippen molar-refractivity contribution in [1.29, 1.82) is 0 Å². The Labute approximate surface area is 124 Å². The highest BCUT2D eigenvalue weighted by Crippen LogP contribution is 2.24. The maximum absolute atomic E-state index is 6.02. The molecular formula is C14H21ClN4O. The normalized spacial score (nSPS) is 24.3. The molecule has 3 heterocycles. The maximum Gasteiger partial charge on any atom is 0.134 e. The summed E-state index contributed by atoms with van der Waals surface area (Å²) < 4.78 is 5.40. The largest absolute Gasteiger partial charge is 0.379 e. The fourth-order valence-electron chi connectivity index (χ4n) is 3.02. The Hall–Kier alpha value is -0.910. The van der Waals surface area contributed by atoms with Crippen molar-refractivity contribution in [3.05, 3.63) is 17.0 Å². The summed E-state index contributed by atoms with van der Waals surface area (Å²) in [6.45, 7) is 9.04. The summed E-state index contributed by atoms with van der Waals surface area (Å²) in [5.74, 6) is 2.42. The van der Waals surface area contributed by atoms with Crippen molar-refractivity contribution in [2.45, 2.75) is 13.3 Å². The van der Waals surface area contributed by atoms with E-state index in [1.54, 1.807) is 0 Å². The summed E-state index contributed by atoms with van der Waals surface area (Å²) >= 11 is 6.02. The predicted molar refractivity (Wildman–Crippen MR) is 79.4 cm³/mol. The van der Waals surface area contributed by atoms with Gasteiger partial charge in [0.2, 0.25) is 0 Å². The van der Waals surface area contributed by atoms with E-state index in [1.807, 2.05) is 13.0 Å². The smallest absolute Gasteiger partial charge is 0.134 e. The number of nitrogens with zero attached hydrogens (tertiary/aromatic N) is 4. The first-order chi connectivity index (χ1) is 9.70. The minimum Gasteiger partial charge on any atom is -0.379 e. The number of aromatic nitrogens is 2. The molecule has 2 fully saturated rings. The summed E-state index contributed by atoms with van der Waals surface area (Å²) in [7, 11) is 0. The number of hydrogen-bond acceptors (Lipinski definition) is 5. The van der Waals surface area contributed by atoms with Crippen LogP contribution >= 0.6 is 11.6 Å². The van der Waals surface area contributed by atoms with Gasteiger partial charge < -0.3 is 9.64 Å². The molecule has 1 atom stereocenters. The van der Waals surface area contributed by atoms with E-state index in [4.69, 9.17) is 16.3 Å². The molecule has 1 aromatic heterocycles. The van der Waals surface area contributed by atoms with E-state index >= 15 is 0 Å². The summed E-state index contributed by atoms with van der Waals surface area (Å²) in [5, 5.41) is 0.532. The van der Waals surface area contributed by atoms with E-state index in [-0.39, 0.29) is 0 Å². The standard InChI is InChI=1S/C14H21ClN4O/c1-11-16-13(15)8-14(17-11)19-3-2-12(10-19)9-18-4-6-20-7-5-18/h8,12H,2-7,9-10H2,1H3/t12-/m1/s1. The van der Waals surface area contributed by atoms with Crippen molar-refractivity contribution < 1.29 is 4.74 Å². The predicted octanol–water partition coefficient (Wildman–Crippen LogP) is 1.60. The number of morpholine rings is 1. The Bertz CT molecular complexity index is 444. The van der Waals surface area contributed by atoms with Crippen molar-refractivity contribution in [2.24, 2.45) is 5.92 Å². The van der Waals surface area contributed by atoms with E-state index in [9.17, 15) is 0 Å². The molecule has 0 saturated carbocycles.